The molecule has 0 radical (unpaired) electrons. The third-order valence-electron chi connectivity index (χ3n) is 7.52. The number of nitrogens with one attached hydrogen (secondary N) is 3. The van der Waals surface area contributed by atoms with Crippen molar-refractivity contribution in [3.8, 4) is 0 Å². The second kappa shape index (κ2) is 14.8. The first-order valence-electron chi connectivity index (χ1n) is 14.6. The topological polar surface area (TPSA) is 219 Å². The fourth-order valence-electron chi connectivity index (χ4n) is 5.01. The van der Waals surface area contributed by atoms with Crippen molar-refractivity contribution in [3.05, 3.63) is 42.5 Å². The van der Waals surface area contributed by atoms with Crippen LogP contribution in [0.5, 0.6) is 0 Å². The molecule has 2 aromatic carbocycles. The summed E-state index contributed by atoms with van der Waals surface area (Å²) in [5.74, 6) is -2.25. The van der Waals surface area contributed by atoms with Gasteiger partial charge in [-0.25, -0.2) is 17.9 Å². The molecule has 4 rings (SSSR count). The number of hydrogen-bond donors (Lipinski definition) is 5. The first-order chi connectivity index (χ1) is 21.4. The zero-order chi connectivity index (χ0) is 32.6. The van der Waals surface area contributed by atoms with Crippen molar-refractivity contribution in [2.24, 2.45) is 10.7 Å². The van der Waals surface area contributed by atoms with Crippen molar-refractivity contribution in [2.75, 3.05) is 39.4 Å². The van der Waals surface area contributed by atoms with Crippen LogP contribution in [0.4, 0.5) is 4.79 Å². The molecule has 0 aromatic heterocycles. The van der Waals surface area contributed by atoms with Crippen LogP contribution in [-0.2, 0) is 33.9 Å². The molecule has 45 heavy (non-hydrogen) atoms. The van der Waals surface area contributed by atoms with Crippen LogP contribution in [0.1, 0.15) is 32.6 Å². The Bertz CT molecular complexity index is 1560. The average molecular weight is 647 g/mol. The summed E-state index contributed by atoms with van der Waals surface area (Å²) < 4.78 is 39.8. The van der Waals surface area contributed by atoms with Gasteiger partial charge in [-0.15, -0.1) is 4.99 Å². The molecule has 2 aliphatic rings. The maximum Gasteiger partial charge on any atom is 0.436 e. The largest absolute Gasteiger partial charge is 0.481 e. The van der Waals surface area contributed by atoms with Gasteiger partial charge in [-0.2, -0.15) is 0 Å². The number of ether oxygens (including phenoxy) is 2. The van der Waals surface area contributed by atoms with Gasteiger partial charge in [-0.3, -0.25) is 14.4 Å². The van der Waals surface area contributed by atoms with Gasteiger partial charge in [-0.1, -0.05) is 30.3 Å². The predicted molar refractivity (Wildman–Crippen MR) is 163 cm³/mol. The molecular weight excluding hydrogens is 608 g/mol. The lowest BCUT2D eigenvalue weighted by Crippen LogP contribution is -2.54. The molecule has 6 N–H and O–H groups in total. The molecule has 2 fully saturated rings. The van der Waals surface area contributed by atoms with Crippen LogP contribution in [0.15, 0.2) is 52.4 Å². The highest BCUT2D eigenvalue weighted by Crippen LogP contribution is 2.38. The van der Waals surface area contributed by atoms with Crippen LogP contribution in [-0.4, -0.2) is 105 Å². The second-order valence-electron chi connectivity index (χ2n) is 10.8. The van der Waals surface area contributed by atoms with E-state index in [1.54, 1.807) is 30.0 Å². The summed E-state index contributed by atoms with van der Waals surface area (Å²) in [6, 6.07) is 10.3. The molecule has 244 valence electrons. The summed E-state index contributed by atoms with van der Waals surface area (Å²) in [5, 5.41) is 16.2. The highest BCUT2D eigenvalue weighted by Gasteiger charge is 2.52. The molecule has 2 unspecified atom stereocenters. The van der Waals surface area contributed by atoms with E-state index in [0.29, 0.717) is 24.8 Å². The minimum absolute atomic E-state index is 0.00946. The van der Waals surface area contributed by atoms with E-state index in [1.807, 2.05) is 12.1 Å². The molecule has 2 atom stereocenters. The molecule has 1 aliphatic carbocycles. The van der Waals surface area contributed by atoms with Crippen molar-refractivity contribution >= 4 is 50.5 Å². The number of rotatable bonds is 14. The van der Waals surface area contributed by atoms with Gasteiger partial charge in [-0.05, 0) is 42.7 Å². The number of morpholine rings is 1. The van der Waals surface area contributed by atoms with E-state index in [9.17, 15) is 27.6 Å². The quantitative estimate of drug-likeness (QED) is 0.139. The number of aliphatic imine (C=N–C) groups is 1. The maximum atomic E-state index is 13.7. The monoisotopic (exact) mass is 646 g/mol. The molecule has 15 nitrogen and oxygen atoms in total. The predicted octanol–water partition coefficient (Wildman–Crippen LogP) is 0.331. The second-order valence-corrected chi connectivity index (χ2v) is 12.5. The summed E-state index contributed by atoms with van der Waals surface area (Å²) in [6.07, 6.45) is -1.33. The number of ketones is 1. The molecule has 1 heterocycles. The molecule has 1 aliphatic heterocycles. The Morgan fingerprint density at radius 1 is 1.18 bits per heavy atom. The Morgan fingerprint density at radius 3 is 2.60 bits per heavy atom. The van der Waals surface area contributed by atoms with E-state index in [-0.39, 0.29) is 50.1 Å². The molecule has 16 heteroatoms. The van der Waals surface area contributed by atoms with Gasteiger partial charge in [0, 0.05) is 26.2 Å². The van der Waals surface area contributed by atoms with Crippen molar-refractivity contribution < 1.29 is 42.2 Å². The van der Waals surface area contributed by atoms with E-state index < -0.39 is 57.9 Å². The van der Waals surface area contributed by atoms with Gasteiger partial charge in [0.2, 0.25) is 21.9 Å². The van der Waals surface area contributed by atoms with Crippen molar-refractivity contribution in [1.82, 2.24) is 20.3 Å². The van der Waals surface area contributed by atoms with Crippen molar-refractivity contribution in [1.29, 1.82) is 0 Å². The summed E-state index contributed by atoms with van der Waals surface area (Å²) in [6.45, 7) is 2.64. The Balaban J connectivity index is 1.45. The number of aliphatic carboxylic acids is 1. The molecule has 0 spiro atoms. The molecular formula is C29H38N6O9S. The van der Waals surface area contributed by atoms with Gasteiger partial charge >= 0.3 is 12.1 Å². The first kappa shape index (κ1) is 33.8. The normalized spacial score (nSPS) is 18.6. The highest BCUT2D eigenvalue weighted by atomic mass is 32.2. The van der Waals surface area contributed by atoms with E-state index in [2.05, 4.69) is 20.3 Å². The van der Waals surface area contributed by atoms with Crippen LogP contribution >= 0.6 is 0 Å². The summed E-state index contributed by atoms with van der Waals surface area (Å²) in [4.78, 5) is 54.7. The number of hydrogen-bond acceptors (Lipinski definition) is 9. The average Bonchev–Trinajstić information content (AvgIpc) is 3.80. The lowest BCUT2D eigenvalue weighted by molar-refractivity contribution is -0.137. The number of Topliss-reactive ketones (excluding diaryl/α,β-unsaturated/α-hetero) is 1. The Hall–Kier alpha value is -4.12. The fourth-order valence-corrected chi connectivity index (χ4v) is 6.24. The van der Waals surface area contributed by atoms with Crippen LogP contribution in [0.25, 0.3) is 10.8 Å². The molecule has 0 bridgehead atoms. The van der Waals surface area contributed by atoms with Gasteiger partial charge < -0.3 is 35.8 Å². The Kier molecular flexibility index (Phi) is 11.1. The zero-order valence-electron chi connectivity index (χ0n) is 24.9. The summed E-state index contributed by atoms with van der Waals surface area (Å²) in [7, 11) is -4.24. The summed E-state index contributed by atoms with van der Waals surface area (Å²) in [5.41, 5.74) is 4.79. The SMILES string of the molecule is CCOC(=O)/N=C(\N)N1CCOC(CNC(=O)CC(NS(=O)(=O)c2ccc3ccccc3c2)C(=O)C2(NCCC(=O)O)CC2)C1. The third-order valence-corrected chi connectivity index (χ3v) is 8.99. The van der Waals surface area contributed by atoms with Crippen LogP contribution < -0.4 is 21.1 Å². The molecule has 1 saturated heterocycles. The highest BCUT2D eigenvalue weighted by molar-refractivity contribution is 7.89. The van der Waals surface area contributed by atoms with E-state index in [1.165, 1.54) is 12.1 Å². The Morgan fingerprint density at radius 2 is 1.91 bits per heavy atom. The van der Waals surface area contributed by atoms with E-state index in [0.717, 1.165) is 5.39 Å². The zero-order valence-corrected chi connectivity index (χ0v) is 25.7. The minimum atomic E-state index is -4.24. The number of nitrogens with zero attached hydrogens (tertiary/aromatic N) is 2. The lowest BCUT2D eigenvalue weighted by Gasteiger charge is -2.33. The van der Waals surface area contributed by atoms with E-state index in [4.69, 9.17) is 20.3 Å². The minimum Gasteiger partial charge on any atom is -0.481 e. The van der Waals surface area contributed by atoms with Crippen molar-refractivity contribution in [3.63, 3.8) is 0 Å². The number of carboxylic acid groups (broad SMARTS) is 1. The number of carboxylic acids is 1. The lowest BCUT2D eigenvalue weighted by atomic mass is 10.0. The van der Waals surface area contributed by atoms with Gasteiger partial charge in [0.05, 0.1) is 48.6 Å². The molecule has 2 amide bonds. The van der Waals surface area contributed by atoms with E-state index >= 15 is 0 Å². The number of carbonyl (C=O) groups excluding carboxylic acids is 3. The first-order valence-corrected chi connectivity index (χ1v) is 16.1. The van der Waals surface area contributed by atoms with Crippen molar-refractivity contribution in [2.45, 2.75) is 55.2 Å². The standard InChI is InChI=1S/C29H38N6O9S/c1-2-43-28(40)33-27(30)35-13-14-44-21(18-35)17-31-24(36)16-23(26(39)29(10-11-29)32-12-9-25(37)38)34-45(41,42)22-8-7-19-5-3-4-6-20(19)15-22/h3-8,15,21,23,32,34H,2,9-14,16-18H2,1H3,(H,31,36)(H,37,38)(H2,30,33,40). The number of sulfonamides is 1. The maximum absolute atomic E-state index is 13.7. The Labute approximate surface area is 260 Å². The smallest absolute Gasteiger partial charge is 0.436 e. The van der Waals surface area contributed by atoms with Crippen LogP contribution in [0.2, 0.25) is 0 Å². The number of benzene rings is 2. The number of carbonyl (C=O) groups is 4. The molecule has 1 saturated carbocycles. The van der Waals surface area contributed by atoms with Crippen LogP contribution in [0.3, 0.4) is 0 Å². The number of nitrogens with two attached hydrogens (primary N) is 1. The number of amides is 2. The summed E-state index contributed by atoms with van der Waals surface area (Å²) >= 11 is 0. The van der Waals surface area contributed by atoms with Gasteiger partial charge in [0.1, 0.15) is 0 Å². The van der Waals surface area contributed by atoms with Gasteiger partial charge in [0.25, 0.3) is 0 Å². The number of fused-ring (bicyclic) bond motifs is 1. The molecule has 2 aromatic rings. The number of guanidine groups is 1. The fraction of sp³-hybridized carbons (Fsp3) is 0.483. The third kappa shape index (κ3) is 9.20. The van der Waals surface area contributed by atoms with Crippen LogP contribution in [0, 0.1) is 0 Å². The van der Waals surface area contributed by atoms with Gasteiger partial charge in [0.15, 0.2) is 5.78 Å².